The van der Waals surface area contributed by atoms with Gasteiger partial charge in [0.1, 0.15) is 0 Å². The van der Waals surface area contributed by atoms with Gasteiger partial charge in [0.05, 0.1) is 5.56 Å². The van der Waals surface area contributed by atoms with Crippen molar-refractivity contribution in [3.63, 3.8) is 0 Å². The highest BCUT2D eigenvalue weighted by molar-refractivity contribution is 5.99. The smallest absolute Gasteiger partial charge is 0.257 e. The zero-order chi connectivity index (χ0) is 13.7. The average Bonchev–Trinajstić information content (AvgIpc) is 2.71. The van der Waals surface area contributed by atoms with Crippen molar-refractivity contribution in [3.8, 4) is 0 Å². The van der Waals surface area contributed by atoms with E-state index in [1.807, 2.05) is 18.0 Å². The molecule has 1 aliphatic rings. The van der Waals surface area contributed by atoms with Crippen LogP contribution in [0, 0.1) is 5.92 Å². The lowest BCUT2D eigenvalue weighted by Crippen LogP contribution is -2.32. The molecule has 4 nitrogen and oxygen atoms in total. The van der Waals surface area contributed by atoms with E-state index in [0.717, 1.165) is 37.5 Å². The molecule has 1 aromatic rings. The minimum atomic E-state index is 0.106. The van der Waals surface area contributed by atoms with Crippen LogP contribution in [0.2, 0.25) is 0 Å². The van der Waals surface area contributed by atoms with Crippen molar-refractivity contribution >= 4 is 11.6 Å². The maximum Gasteiger partial charge on any atom is 0.257 e. The van der Waals surface area contributed by atoms with Gasteiger partial charge in [0, 0.05) is 38.2 Å². The summed E-state index contributed by atoms with van der Waals surface area (Å²) < 4.78 is 0. The number of amides is 1. The van der Waals surface area contributed by atoms with Crippen LogP contribution in [0.4, 0.5) is 5.69 Å². The van der Waals surface area contributed by atoms with Crippen molar-refractivity contribution in [2.45, 2.75) is 32.6 Å². The van der Waals surface area contributed by atoms with Gasteiger partial charge in [-0.1, -0.05) is 13.3 Å². The number of nitrogens with one attached hydrogen (secondary N) is 1. The van der Waals surface area contributed by atoms with Gasteiger partial charge in [0.15, 0.2) is 0 Å². The lowest BCUT2D eigenvalue weighted by molar-refractivity contribution is 0.0760. The van der Waals surface area contributed by atoms with Gasteiger partial charge in [-0.3, -0.25) is 9.78 Å². The molecule has 1 fully saturated rings. The number of carbonyl (C=O) groups is 1. The van der Waals surface area contributed by atoms with E-state index in [2.05, 4.69) is 17.2 Å². The molecule has 0 spiro atoms. The van der Waals surface area contributed by atoms with Gasteiger partial charge in [0.2, 0.25) is 0 Å². The summed E-state index contributed by atoms with van der Waals surface area (Å²) >= 11 is 0. The Kier molecular flexibility index (Phi) is 4.77. The molecule has 1 saturated heterocycles. The van der Waals surface area contributed by atoms with Gasteiger partial charge in [-0.15, -0.1) is 0 Å². The third-order valence-corrected chi connectivity index (χ3v) is 4.03. The SMILES string of the molecule is CCC1CCCN(C(=O)c2cnccc2NC)CC1. The fourth-order valence-electron chi connectivity index (χ4n) is 2.73. The normalized spacial score (nSPS) is 19.9. The molecule has 0 bridgehead atoms. The number of hydrogen-bond donors (Lipinski definition) is 1. The number of nitrogens with zero attached hydrogens (tertiary/aromatic N) is 2. The Morgan fingerprint density at radius 1 is 1.47 bits per heavy atom. The van der Waals surface area contributed by atoms with E-state index >= 15 is 0 Å². The molecule has 104 valence electrons. The molecule has 0 radical (unpaired) electrons. The summed E-state index contributed by atoms with van der Waals surface area (Å²) in [5.41, 5.74) is 1.54. The summed E-state index contributed by atoms with van der Waals surface area (Å²) in [6, 6.07) is 1.85. The van der Waals surface area contributed by atoms with Gasteiger partial charge in [-0.05, 0) is 31.2 Å². The monoisotopic (exact) mass is 261 g/mol. The first-order valence-corrected chi connectivity index (χ1v) is 7.17. The van der Waals surface area contributed by atoms with E-state index in [-0.39, 0.29) is 5.91 Å². The van der Waals surface area contributed by atoms with Crippen LogP contribution in [0.15, 0.2) is 18.5 Å². The maximum atomic E-state index is 12.6. The molecular formula is C15H23N3O. The van der Waals surface area contributed by atoms with Crippen LogP contribution in [0.25, 0.3) is 0 Å². The quantitative estimate of drug-likeness (QED) is 0.910. The van der Waals surface area contributed by atoms with Crippen LogP contribution in [0.5, 0.6) is 0 Å². The highest BCUT2D eigenvalue weighted by Gasteiger charge is 2.22. The zero-order valence-corrected chi connectivity index (χ0v) is 11.9. The largest absolute Gasteiger partial charge is 0.387 e. The number of carbonyl (C=O) groups excluding carboxylic acids is 1. The molecule has 1 aromatic heterocycles. The van der Waals surface area contributed by atoms with Crippen molar-refractivity contribution in [2.75, 3.05) is 25.5 Å². The maximum absolute atomic E-state index is 12.6. The Bertz CT molecular complexity index is 433. The molecule has 0 aromatic carbocycles. The second kappa shape index (κ2) is 6.55. The molecule has 0 saturated carbocycles. The van der Waals surface area contributed by atoms with Crippen LogP contribution in [-0.2, 0) is 0 Å². The third kappa shape index (κ3) is 3.25. The molecule has 1 aliphatic heterocycles. The minimum Gasteiger partial charge on any atom is -0.387 e. The van der Waals surface area contributed by atoms with Gasteiger partial charge in [-0.2, -0.15) is 0 Å². The van der Waals surface area contributed by atoms with E-state index in [9.17, 15) is 4.79 Å². The molecule has 2 heterocycles. The van der Waals surface area contributed by atoms with Gasteiger partial charge >= 0.3 is 0 Å². The molecule has 1 unspecified atom stereocenters. The Morgan fingerprint density at radius 3 is 3.05 bits per heavy atom. The van der Waals surface area contributed by atoms with Crippen molar-refractivity contribution in [3.05, 3.63) is 24.0 Å². The lowest BCUT2D eigenvalue weighted by Gasteiger charge is -2.21. The minimum absolute atomic E-state index is 0.106. The topological polar surface area (TPSA) is 45.2 Å². The molecule has 0 aliphatic carbocycles. The Hall–Kier alpha value is -1.58. The predicted octanol–water partition coefficient (Wildman–Crippen LogP) is 2.78. The summed E-state index contributed by atoms with van der Waals surface area (Å²) in [6.07, 6.45) is 8.06. The summed E-state index contributed by atoms with van der Waals surface area (Å²) in [7, 11) is 1.83. The van der Waals surface area contributed by atoms with Crippen LogP contribution in [0.1, 0.15) is 43.0 Å². The molecule has 1 atom stereocenters. The van der Waals surface area contributed by atoms with E-state index in [1.54, 1.807) is 12.4 Å². The Morgan fingerprint density at radius 2 is 2.32 bits per heavy atom. The van der Waals surface area contributed by atoms with Crippen LogP contribution in [-0.4, -0.2) is 35.9 Å². The lowest BCUT2D eigenvalue weighted by atomic mass is 9.98. The third-order valence-electron chi connectivity index (χ3n) is 4.03. The van der Waals surface area contributed by atoms with Gasteiger partial charge in [0.25, 0.3) is 5.91 Å². The van der Waals surface area contributed by atoms with Gasteiger partial charge in [-0.25, -0.2) is 0 Å². The standard InChI is InChI=1S/C15H23N3O/c1-3-12-5-4-9-18(10-7-12)15(19)13-11-17-8-6-14(13)16-2/h6,8,11-12H,3-5,7,9-10H2,1-2H3,(H,16,17). The Labute approximate surface area is 115 Å². The predicted molar refractivity (Wildman–Crippen MR) is 77.3 cm³/mol. The van der Waals surface area contributed by atoms with Crippen molar-refractivity contribution in [1.29, 1.82) is 0 Å². The number of anilines is 1. The summed E-state index contributed by atoms with van der Waals surface area (Å²) in [4.78, 5) is 18.6. The van der Waals surface area contributed by atoms with Crippen LogP contribution < -0.4 is 5.32 Å². The van der Waals surface area contributed by atoms with E-state index in [4.69, 9.17) is 0 Å². The molecule has 2 rings (SSSR count). The fraction of sp³-hybridized carbons (Fsp3) is 0.600. The second-order valence-corrected chi connectivity index (χ2v) is 5.17. The number of hydrogen-bond acceptors (Lipinski definition) is 3. The van der Waals surface area contributed by atoms with Crippen LogP contribution >= 0.6 is 0 Å². The first-order chi connectivity index (χ1) is 9.26. The molecule has 4 heteroatoms. The molecule has 1 N–H and O–H groups in total. The number of likely N-dealkylation sites (tertiary alicyclic amines) is 1. The number of pyridine rings is 1. The average molecular weight is 261 g/mol. The van der Waals surface area contributed by atoms with Gasteiger partial charge < -0.3 is 10.2 Å². The first-order valence-electron chi connectivity index (χ1n) is 7.17. The molecule has 1 amide bonds. The molecular weight excluding hydrogens is 238 g/mol. The second-order valence-electron chi connectivity index (χ2n) is 5.17. The highest BCUT2D eigenvalue weighted by atomic mass is 16.2. The summed E-state index contributed by atoms with van der Waals surface area (Å²) in [5.74, 6) is 0.879. The number of rotatable bonds is 3. The number of aromatic nitrogens is 1. The highest BCUT2D eigenvalue weighted by Crippen LogP contribution is 2.23. The summed E-state index contributed by atoms with van der Waals surface area (Å²) in [6.45, 7) is 3.98. The van der Waals surface area contributed by atoms with E-state index < -0.39 is 0 Å². The summed E-state index contributed by atoms with van der Waals surface area (Å²) in [5, 5.41) is 3.06. The Balaban J connectivity index is 2.10. The van der Waals surface area contributed by atoms with Crippen molar-refractivity contribution in [2.24, 2.45) is 5.92 Å². The van der Waals surface area contributed by atoms with Crippen LogP contribution in [0.3, 0.4) is 0 Å². The van der Waals surface area contributed by atoms with E-state index in [1.165, 1.54) is 12.8 Å². The molecule has 19 heavy (non-hydrogen) atoms. The van der Waals surface area contributed by atoms with E-state index in [0.29, 0.717) is 5.56 Å². The first kappa shape index (κ1) is 13.8. The van der Waals surface area contributed by atoms with Crippen molar-refractivity contribution in [1.82, 2.24) is 9.88 Å². The zero-order valence-electron chi connectivity index (χ0n) is 11.9. The fourth-order valence-corrected chi connectivity index (χ4v) is 2.73. The van der Waals surface area contributed by atoms with Crippen molar-refractivity contribution < 1.29 is 4.79 Å².